The van der Waals surface area contributed by atoms with E-state index in [1.165, 1.54) is 62.9 Å². The number of H-pyrrole nitrogens is 1. The molecule has 0 amide bonds. The predicted octanol–water partition coefficient (Wildman–Crippen LogP) is 6.14. The lowest BCUT2D eigenvalue weighted by Crippen LogP contribution is -2.30. The van der Waals surface area contributed by atoms with Crippen molar-refractivity contribution in [2.45, 2.75) is 38.5 Å². The summed E-state index contributed by atoms with van der Waals surface area (Å²) in [7, 11) is 3.95. The van der Waals surface area contributed by atoms with E-state index >= 15 is 0 Å². The Hall–Kier alpha value is -3.09. The molecular weight excluding hydrogens is 472 g/mol. The minimum Gasteiger partial charge on any atom is -0.493 e. The van der Waals surface area contributed by atoms with Gasteiger partial charge in [-0.1, -0.05) is 30.3 Å². The van der Waals surface area contributed by atoms with Crippen LogP contribution in [-0.2, 0) is 6.42 Å². The van der Waals surface area contributed by atoms with Gasteiger partial charge in [-0.15, -0.1) is 0 Å². The van der Waals surface area contributed by atoms with Crippen molar-refractivity contribution >= 4 is 21.8 Å². The third-order valence-electron chi connectivity index (χ3n) is 8.38. The largest absolute Gasteiger partial charge is 0.493 e. The van der Waals surface area contributed by atoms with Gasteiger partial charge in [0.05, 0.1) is 30.4 Å². The van der Waals surface area contributed by atoms with Gasteiger partial charge in [0.25, 0.3) is 0 Å². The molecule has 0 aliphatic carbocycles. The van der Waals surface area contributed by atoms with Gasteiger partial charge in [-0.05, 0) is 89.8 Å². The van der Waals surface area contributed by atoms with Crippen molar-refractivity contribution in [1.82, 2.24) is 19.8 Å². The third-order valence-corrected chi connectivity index (χ3v) is 8.38. The molecule has 4 heterocycles. The quantitative estimate of drug-likeness (QED) is 0.273. The van der Waals surface area contributed by atoms with Gasteiger partial charge >= 0.3 is 0 Å². The summed E-state index contributed by atoms with van der Waals surface area (Å²) in [5, 5.41) is 2.25. The lowest BCUT2D eigenvalue weighted by Gasteiger charge is -2.28. The maximum atomic E-state index is 6.26. The van der Waals surface area contributed by atoms with Crippen LogP contribution >= 0.6 is 0 Å². The lowest BCUT2D eigenvalue weighted by atomic mass is 9.92. The summed E-state index contributed by atoms with van der Waals surface area (Å²) >= 11 is 0. The number of piperidine rings is 1. The first-order chi connectivity index (χ1) is 18.7. The molecule has 38 heavy (non-hydrogen) atoms. The molecule has 2 aliphatic rings. The zero-order chi connectivity index (χ0) is 25.9. The van der Waals surface area contributed by atoms with Crippen LogP contribution < -0.4 is 9.47 Å². The van der Waals surface area contributed by atoms with E-state index in [1.807, 2.05) is 0 Å². The van der Waals surface area contributed by atoms with Gasteiger partial charge in [-0.25, -0.2) is 4.98 Å². The number of nitrogens with one attached hydrogen (secondary N) is 1. The molecule has 6 nitrogen and oxygen atoms in total. The first kappa shape index (κ1) is 25.2. The highest BCUT2D eigenvalue weighted by Gasteiger charge is 2.21. The van der Waals surface area contributed by atoms with Gasteiger partial charge in [-0.3, -0.25) is 0 Å². The number of nitrogens with zero attached hydrogens (tertiary/aromatic N) is 3. The molecule has 6 heteroatoms. The first-order valence-corrected chi connectivity index (χ1v) is 14.3. The van der Waals surface area contributed by atoms with E-state index in [2.05, 4.69) is 70.4 Å². The van der Waals surface area contributed by atoms with Crippen molar-refractivity contribution in [1.29, 1.82) is 0 Å². The van der Waals surface area contributed by atoms with E-state index in [4.69, 9.17) is 14.5 Å². The number of ether oxygens (including phenoxy) is 2. The fourth-order valence-corrected chi connectivity index (χ4v) is 6.18. The molecular formula is C32H40N4O2. The molecule has 0 saturated carbocycles. The zero-order valence-corrected chi connectivity index (χ0v) is 22.8. The molecule has 2 aromatic carbocycles. The normalized spacial score (nSPS) is 17.5. The summed E-state index contributed by atoms with van der Waals surface area (Å²) < 4.78 is 12.1. The van der Waals surface area contributed by atoms with E-state index in [1.54, 1.807) is 7.11 Å². The molecule has 4 aromatic rings. The minimum atomic E-state index is 0.676. The smallest absolute Gasteiger partial charge is 0.163 e. The van der Waals surface area contributed by atoms with Gasteiger partial charge in [0, 0.05) is 34.6 Å². The molecule has 1 N–H and O–H groups in total. The Morgan fingerprint density at radius 1 is 0.947 bits per heavy atom. The molecule has 0 unspecified atom stereocenters. The van der Waals surface area contributed by atoms with E-state index < -0.39 is 0 Å². The SMILES string of the molecule is COc1cc2c(cc1OCCCN1CCCC1)nc(-c1ccccc1)c1cc(CC3CCN(C)CC3)[nH]c12. The van der Waals surface area contributed by atoms with Crippen LogP contribution in [0.2, 0.25) is 0 Å². The standard InChI is InChI=1S/C32H40N4O2/c1-35-16-11-23(12-17-35)19-25-20-27-31(24-9-4-3-5-10-24)34-28-22-30(29(37-2)21-26(28)32(27)33-25)38-18-8-15-36-13-6-7-14-36/h3-5,9-10,20-23,33H,6-8,11-19H2,1-2H3. The minimum absolute atomic E-state index is 0.676. The van der Waals surface area contributed by atoms with Crippen LogP contribution in [0.1, 0.15) is 37.8 Å². The van der Waals surface area contributed by atoms with Crippen LogP contribution in [0.3, 0.4) is 0 Å². The maximum Gasteiger partial charge on any atom is 0.163 e. The fourth-order valence-electron chi connectivity index (χ4n) is 6.18. The van der Waals surface area contributed by atoms with Crippen molar-refractivity contribution in [2.24, 2.45) is 5.92 Å². The average Bonchev–Trinajstić information content (AvgIpc) is 3.62. The number of pyridine rings is 1. The van der Waals surface area contributed by atoms with Crippen LogP contribution in [0.4, 0.5) is 0 Å². The number of hydrogen-bond donors (Lipinski definition) is 1. The van der Waals surface area contributed by atoms with E-state index in [0.29, 0.717) is 12.5 Å². The number of aromatic amines is 1. The van der Waals surface area contributed by atoms with Crippen LogP contribution in [0.25, 0.3) is 33.1 Å². The number of likely N-dealkylation sites (tertiary alicyclic amines) is 2. The monoisotopic (exact) mass is 512 g/mol. The molecule has 0 atom stereocenters. The summed E-state index contributed by atoms with van der Waals surface area (Å²) in [6.07, 6.45) is 7.24. The summed E-state index contributed by atoms with van der Waals surface area (Å²) in [5.41, 5.74) is 5.51. The van der Waals surface area contributed by atoms with Gasteiger partial charge in [0.1, 0.15) is 0 Å². The fraction of sp³-hybridized carbons (Fsp3) is 0.469. The maximum absolute atomic E-state index is 6.26. The highest BCUT2D eigenvalue weighted by atomic mass is 16.5. The zero-order valence-electron chi connectivity index (χ0n) is 22.8. The van der Waals surface area contributed by atoms with Crippen LogP contribution in [0, 0.1) is 5.92 Å². The van der Waals surface area contributed by atoms with Crippen LogP contribution in [0.5, 0.6) is 11.5 Å². The number of rotatable bonds is 9. The number of methoxy groups -OCH3 is 1. The Labute approximate surface area is 225 Å². The molecule has 2 saturated heterocycles. The van der Waals surface area contributed by atoms with E-state index in [0.717, 1.165) is 58.6 Å². The Balaban J connectivity index is 1.34. The highest BCUT2D eigenvalue weighted by Crippen LogP contribution is 2.39. The second-order valence-electron chi connectivity index (χ2n) is 11.1. The number of fused-ring (bicyclic) bond motifs is 3. The van der Waals surface area contributed by atoms with Crippen molar-refractivity contribution in [3.63, 3.8) is 0 Å². The van der Waals surface area contributed by atoms with Gasteiger partial charge in [0.2, 0.25) is 0 Å². The van der Waals surface area contributed by atoms with Crippen LogP contribution in [-0.4, -0.2) is 73.3 Å². The van der Waals surface area contributed by atoms with Crippen molar-refractivity contribution < 1.29 is 9.47 Å². The Bertz CT molecular complexity index is 1370. The number of hydrogen-bond acceptors (Lipinski definition) is 5. The Morgan fingerprint density at radius 3 is 2.50 bits per heavy atom. The van der Waals surface area contributed by atoms with Crippen molar-refractivity contribution in [3.05, 3.63) is 54.2 Å². The molecule has 0 spiro atoms. The Morgan fingerprint density at radius 2 is 1.74 bits per heavy atom. The first-order valence-electron chi connectivity index (χ1n) is 14.3. The molecule has 6 rings (SSSR count). The number of benzene rings is 2. The molecule has 0 bridgehead atoms. The Kier molecular flexibility index (Phi) is 7.52. The number of aromatic nitrogens is 2. The summed E-state index contributed by atoms with van der Waals surface area (Å²) in [5.74, 6) is 2.25. The van der Waals surface area contributed by atoms with Crippen molar-refractivity contribution in [2.75, 3.05) is 53.5 Å². The lowest BCUT2D eigenvalue weighted by molar-refractivity contribution is 0.218. The second kappa shape index (κ2) is 11.3. The summed E-state index contributed by atoms with van der Waals surface area (Å²) in [6.45, 7) is 6.57. The summed E-state index contributed by atoms with van der Waals surface area (Å²) in [4.78, 5) is 14.0. The molecule has 2 aliphatic heterocycles. The van der Waals surface area contributed by atoms with Gasteiger partial charge in [-0.2, -0.15) is 0 Å². The molecule has 200 valence electrons. The molecule has 0 radical (unpaired) electrons. The van der Waals surface area contributed by atoms with E-state index in [9.17, 15) is 0 Å². The topological polar surface area (TPSA) is 53.6 Å². The molecule has 2 aromatic heterocycles. The predicted molar refractivity (Wildman–Crippen MR) is 155 cm³/mol. The van der Waals surface area contributed by atoms with Gasteiger partial charge in [0.15, 0.2) is 11.5 Å². The van der Waals surface area contributed by atoms with Gasteiger partial charge < -0.3 is 24.3 Å². The third kappa shape index (κ3) is 5.38. The average molecular weight is 513 g/mol. The van der Waals surface area contributed by atoms with E-state index in [-0.39, 0.29) is 0 Å². The molecule has 2 fully saturated rings. The second-order valence-corrected chi connectivity index (χ2v) is 11.1. The van der Waals surface area contributed by atoms with Crippen LogP contribution in [0.15, 0.2) is 48.5 Å². The van der Waals surface area contributed by atoms with Crippen molar-refractivity contribution in [3.8, 4) is 22.8 Å². The highest BCUT2D eigenvalue weighted by molar-refractivity contribution is 6.10. The summed E-state index contributed by atoms with van der Waals surface area (Å²) in [6, 6.07) is 17.0.